The third-order valence-corrected chi connectivity index (χ3v) is 3.95. The minimum Gasteiger partial charge on any atom is -0.350 e. The molecule has 2 fully saturated rings. The van der Waals surface area contributed by atoms with Gasteiger partial charge in [-0.3, -0.25) is 9.69 Å². The fourth-order valence-electron chi connectivity index (χ4n) is 2.92. The van der Waals surface area contributed by atoms with Crippen molar-refractivity contribution in [3.8, 4) is 0 Å². The summed E-state index contributed by atoms with van der Waals surface area (Å²) in [4.78, 5) is 14.3. The minimum atomic E-state index is 0.0706. The lowest BCUT2D eigenvalue weighted by Gasteiger charge is -2.27. The molecule has 0 atom stereocenters. The Labute approximate surface area is 104 Å². The summed E-state index contributed by atoms with van der Waals surface area (Å²) in [6, 6.07) is 0. The van der Waals surface area contributed by atoms with Crippen LogP contribution in [0.3, 0.4) is 0 Å². The summed E-state index contributed by atoms with van der Waals surface area (Å²) in [6.07, 6.45) is 5.93. The van der Waals surface area contributed by atoms with Crippen LogP contribution in [0.25, 0.3) is 0 Å². The lowest BCUT2D eigenvalue weighted by atomic mass is 10.0. The second-order valence-electron chi connectivity index (χ2n) is 5.70. The van der Waals surface area contributed by atoms with Crippen molar-refractivity contribution < 1.29 is 4.79 Å². The Bertz CT molecular complexity index is 253. The fourth-order valence-corrected chi connectivity index (χ4v) is 2.92. The highest BCUT2D eigenvalue weighted by Gasteiger charge is 2.30. The van der Waals surface area contributed by atoms with E-state index in [2.05, 4.69) is 22.5 Å². The largest absolute Gasteiger partial charge is 0.350 e. The van der Waals surface area contributed by atoms with E-state index in [0.717, 1.165) is 45.4 Å². The van der Waals surface area contributed by atoms with E-state index in [4.69, 9.17) is 0 Å². The molecule has 0 aromatic rings. The average Bonchev–Trinajstić information content (AvgIpc) is 2.54. The monoisotopic (exact) mass is 239 g/mol. The molecule has 98 valence electrons. The summed E-state index contributed by atoms with van der Waals surface area (Å²) in [6.45, 7) is 6.86. The van der Waals surface area contributed by atoms with Gasteiger partial charge in [-0.2, -0.15) is 0 Å². The van der Waals surface area contributed by atoms with Gasteiger partial charge in [-0.1, -0.05) is 12.8 Å². The van der Waals surface area contributed by atoms with Crippen molar-refractivity contribution in [2.75, 3.05) is 32.7 Å². The van der Waals surface area contributed by atoms with Gasteiger partial charge in [-0.25, -0.2) is 0 Å². The van der Waals surface area contributed by atoms with Gasteiger partial charge in [0.05, 0.1) is 6.54 Å². The molecule has 1 heterocycles. The number of hydrogen-bond donors (Lipinski definition) is 2. The molecule has 1 aliphatic heterocycles. The second-order valence-corrected chi connectivity index (χ2v) is 5.70. The lowest BCUT2D eigenvalue weighted by Crippen LogP contribution is -2.48. The van der Waals surface area contributed by atoms with E-state index in [0.29, 0.717) is 6.54 Å². The van der Waals surface area contributed by atoms with Gasteiger partial charge in [-0.05, 0) is 39.3 Å². The summed E-state index contributed by atoms with van der Waals surface area (Å²) in [5, 5.41) is 6.58. The molecule has 0 radical (unpaired) electrons. The van der Waals surface area contributed by atoms with Gasteiger partial charge in [0, 0.05) is 18.6 Å². The molecule has 2 N–H and O–H groups in total. The van der Waals surface area contributed by atoms with Crippen LogP contribution in [-0.4, -0.2) is 49.1 Å². The van der Waals surface area contributed by atoms with Crippen molar-refractivity contribution in [3.63, 3.8) is 0 Å². The van der Waals surface area contributed by atoms with Crippen molar-refractivity contribution in [2.45, 2.75) is 44.6 Å². The van der Waals surface area contributed by atoms with Crippen LogP contribution >= 0.6 is 0 Å². The minimum absolute atomic E-state index is 0.0706. The molecule has 0 unspecified atom stereocenters. The first kappa shape index (κ1) is 12.8. The van der Waals surface area contributed by atoms with Gasteiger partial charge in [0.15, 0.2) is 0 Å². The van der Waals surface area contributed by atoms with Crippen molar-refractivity contribution in [2.24, 2.45) is 0 Å². The molecular weight excluding hydrogens is 214 g/mol. The maximum absolute atomic E-state index is 12.0. The van der Waals surface area contributed by atoms with Crippen LogP contribution in [0, 0.1) is 0 Å². The van der Waals surface area contributed by atoms with Crippen LogP contribution in [0.15, 0.2) is 0 Å². The maximum Gasteiger partial charge on any atom is 0.234 e. The standard InChI is InChI=1S/C13H25N3O/c1-13(5-2-3-6-13)15-12(17)11-16-9-4-7-14-8-10-16/h14H,2-11H2,1H3,(H,15,17). The van der Waals surface area contributed by atoms with Crippen molar-refractivity contribution in [3.05, 3.63) is 0 Å². The molecule has 2 aliphatic rings. The zero-order valence-corrected chi connectivity index (χ0v) is 10.9. The van der Waals surface area contributed by atoms with Crippen molar-refractivity contribution in [1.29, 1.82) is 0 Å². The molecule has 1 amide bonds. The molecule has 4 heteroatoms. The maximum atomic E-state index is 12.0. The van der Waals surface area contributed by atoms with Crippen molar-refractivity contribution >= 4 is 5.91 Å². The van der Waals surface area contributed by atoms with Crippen molar-refractivity contribution in [1.82, 2.24) is 15.5 Å². The Morgan fingerprint density at radius 1 is 1.24 bits per heavy atom. The molecule has 0 bridgehead atoms. The lowest BCUT2D eigenvalue weighted by molar-refractivity contribution is -0.123. The molecule has 2 rings (SSSR count). The van der Waals surface area contributed by atoms with E-state index < -0.39 is 0 Å². The second kappa shape index (κ2) is 5.83. The summed E-state index contributed by atoms with van der Waals surface area (Å²) < 4.78 is 0. The smallest absolute Gasteiger partial charge is 0.234 e. The van der Waals surface area contributed by atoms with Gasteiger partial charge in [-0.15, -0.1) is 0 Å². The Morgan fingerprint density at radius 3 is 2.76 bits per heavy atom. The molecule has 0 aromatic carbocycles. The van der Waals surface area contributed by atoms with Crippen LogP contribution in [-0.2, 0) is 4.79 Å². The highest BCUT2D eigenvalue weighted by molar-refractivity contribution is 5.78. The Balaban J connectivity index is 1.75. The number of carbonyl (C=O) groups excluding carboxylic acids is 1. The van der Waals surface area contributed by atoms with Gasteiger partial charge >= 0.3 is 0 Å². The highest BCUT2D eigenvalue weighted by atomic mass is 16.2. The molecule has 1 saturated carbocycles. The molecular formula is C13H25N3O. The summed E-state index contributed by atoms with van der Waals surface area (Å²) >= 11 is 0. The molecule has 0 spiro atoms. The Kier molecular flexibility index (Phi) is 4.40. The fraction of sp³-hybridized carbons (Fsp3) is 0.923. The normalized spacial score (nSPS) is 25.5. The van der Waals surface area contributed by atoms with Crippen LogP contribution in [0.2, 0.25) is 0 Å². The van der Waals surface area contributed by atoms with Gasteiger partial charge in [0.2, 0.25) is 5.91 Å². The van der Waals surface area contributed by atoms with Gasteiger partial charge in [0.25, 0.3) is 0 Å². The first-order valence-corrected chi connectivity index (χ1v) is 6.92. The molecule has 1 saturated heterocycles. The summed E-state index contributed by atoms with van der Waals surface area (Å²) in [5.41, 5.74) is 0.0706. The zero-order chi connectivity index (χ0) is 12.1. The first-order chi connectivity index (χ1) is 8.18. The molecule has 17 heavy (non-hydrogen) atoms. The molecule has 1 aliphatic carbocycles. The Morgan fingerprint density at radius 2 is 2.00 bits per heavy atom. The topological polar surface area (TPSA) is 44.4 Å². The SMILES string of the molecule is CC1(NC(=O)CN2CCCNCC2)CCCC1. The predicted octanol–water partition coefficient (Wildman–Crippen LogP) is 0.731. The zero-order valence-electron chi connectivity index (χ0n) is 10.9. The van der Waals surface area contributed by atoms with Crippen LogP contribution < -0.4 is 10.6 Å². The van der Waals surface area contributed by atoms with Crippen LogP contribution in [0.1, 0.15) is 39.0 Å². The van der Waals surface area contributed by atoms with Crippen LogP contribution in [0.4, 0.5) is 0 Å². The van der Waals surface area contributed by atoms with E-state index in [1.54, 1.807) is 0 Å². The Hall–Kier alpha value is -0.610. The number of hydrogen-bond acceptors (Lipinski definition) is 3. The summed E-state index contributed by atoms with van der Waals surface area (Å²) in [5.74, 6) is 0.205. The van der Waals surface area contributed by atoms with Gasteiger partial charge in [0.1, 0.15) is 0 Å². The van der Waals surface area contributed by atoms with E-state index in [1.165, 1.54) is 12.8 Å². The number of rotatable bonds is 3. The summed E-state index contributed by atoms with van der Waals surface area (Å²) in [7, 11) is 0. The average molecular weight is 239 g/mol. The van der Waals surface area contributed by atoms with E-state index in [9.17, 15) is 4.79 Å². The third kappa shape index (κ3) is 3.96. The molecule has 4 nitrogen and oxygen atoms in total. The van der Waals surface area contributed by atoms with Crippen LogP contribution in [0.5, 0.6) is 0 Å². The third-order valence-electron chi connectivity index (χ3n) is 3.95. The number of amides is 1. The quantitative estimate of drug-likeness (QED) is 0.763. The molecule has 0 aromatic heterocycles. The van der Waals surface area contributed by atoms with E-state index >= 15 is 0 Å². The first-order valence-electron chi connectivity index (χ1n) is 6.92. The van der Waals surface area contributed by atoms with E-state index in [1.807, 2.05) is 0 Å². The number of nitrogens with one attached hydrogen (secondary N) is 2. The van der Waals surface area contributed by atoms with Gasteiger partial charge < -0.3 is 10.6 Å². The predicted molar refractivity (Wildman–Crippen MR) is 68.9 cm³/mol. The highest BCUT2D eigenvalue weighted by Crippen LogP contribution is 2.28. The van der Waals surface area contributed by atoms with E-state index in [-0.39, 0.29) is 11.4 Å². The number of nitrogens with zero attached hydrogens (tertiary/aromatic N) is 1. The number of carbonyl (C=O) groups is 1.